The molecule has 0 heterocycles. The summed E-state index contributed by atoms with van der Waals surface area (Å²) in [7, 11) is 0. The van der Waals surface area contributed by atoms with Crippen LogP contribution in [0.1, 0.15) is 40.0 Å². The second-order valence-corrected chi connectivity index (χ2v) is 5.01. The van der Waals surface area contributed by atoms with E-state index in [1.54, 1.807) is 0 Å². The molecule has 1 N–H and O–H groups in total. The number of aliphatic hydroxyl groups is 1. The summed E-state index contributed by atoms with van der Waals surface area (Å²) in [6.07, 6.45) is 2.35. The molecule has 0 amide bonds. The Kier molecular flexibility index (Phi) is 5.06. The first-order valence-electron chi connectivity index (χ1n) is 5.98. The summed E-state index contributed by atoms with van der Waals surface area (Å²) in [5, 5.41) is 8.47. The fourth-order valence-electron chi connectivity index (χ4n) is 2.46. The van der Waals surface area contributed by atoms with E-state index in [1.165, 1.54) is 6.42 Å². The second-order valence-electron chi connectivity index (χ2n) is 5.01. The molecule has 0 aliphatic heterocycles. The summed E-state index contributed by atoms with van der Waals surface area (Å²) in [5.41, 5.74) is 0. The zero-order valence-corrected chi connectivity index (χ0v) is 10.3. The summed E-state index contributed by atoms with van der Waals surface area (Å²) < 4.78 is 9.66. The molecule has 1 fully saturated rings. The van der Waals surface area contributed by atoms with Crippen molar-refractivity contribution in [2.45, 2.75) is 46.1 Å². The van der Waals surface area contributed by atoms with Crippen molar-refractivity contribution in [2.24, 2.45) is 17.8 Å². The van der Waals surface area contributed by atoms with Gasteiger partial charge in [0.1, 0.15) is 6.10 Å². The maximum atomic E-state index is 11.2. The molecule has 0 spiro atoms. The number of hydrogen-bond acceptors (Lipinski definition) is 4. The molecule has 0 bridgehead atoms. The van der Waals surface area contributed by atoms with Crippen molar-refractivity contribution >= 4 is 6.16 Å². The molecular formula is C12H22O4. The highest BCUT2D eigenvalue weighted by atomic mass is 16.8. The van der Waals surface area contributed by atoms with Crippen LogP contribution in [0.25, 0.3) is 0 Å². The molecule has 1 rings (SSSR count). The molecule has 16 heavy (non-hydrogen) atoms. The zero-order valence-electron chi connectivity index (χ0n) is 10.3. The number of ether oxygens (including phenoxy) is 2. The molecule has 3 atom stereocenters. The number of carbonyl (C=O) groups excluding carboxylic acids is 1. The average Bonchev–Trinajstić information content (AvgIpc) is 2.17. The predicted octanol–water partition coefficient (Wildman–Crippen LogP) is 2.55. The van der Waals surface area contributed by atoms with Gasteiger partial charge in [-0.05, 0) is 30.6 Å². The first-order valence-corrected chi connectivity index (χ1v) is 5.98. The minimum Gasteiger partial charge on any atom is -0.431 e. The SMILES string of the molecule is CC(C)[C@@H]1CC[C@@H](C)C[C@H]1OC(=O)OCO. The van der Waals surface area contributed by atoms with Gasteiger partial charge >= 0.3 is 6.16 Å². The predicted molar refractivity (Wildman–Crippen MR) is 59.8 cm³/mol. The van der Waals surface area contributed by atoms with Crippen LogP contribution >= 0.6 is 0 Å². The van der Waals surface area contributed by atoms with E-state index in [4.69, 9.17) is 9.84 Å². The van der Waals surface area contributed by atoms with E-state index in [9.17, 15) is 4.79 Å². The molecule has 1 aliphatic rings. The Balaban J connectivity index is 2.54. The summed E-state index contributed by atoms with van der Waals surface area (Å²) in [6, 6.07) is 0. The van der Waals surface area contributed by atoms with E-state index in [-0.39, 0.29) is 6.10 Å². The van der Waals surface area contributed by atoms with Gasteiger partial charge in [-0.2, -0.15) is 0 Å². The van der Waals surface area contributed by atoms with Crippen LogP contribution in [0.2, 0.25) is 0 Å². The van der Waals surface area contributed by atoms with Crippen molar-refractivity contribution in [1.82, 2.24) is 0 Å². The van der Waals surface area contributed by atoms with Crippen LogP contribution in [-0.2, 0) is 9.47 Å². The van der Waals surface area contributed by atoms with Gasteiger partial charge in [-0.25, -0.2) is 4.79 Å². The fourth-order valence-corrected chi connectivity index (χ4v) is 2.46. The quantitative estimate of drug-likeness (QED) is 0.598. The number of rotatable bonds is 3. The lowest BCUT2D eigenvalue weighted by Gasteiger charge is -2.36. The number of aliphatic hydroxyl groups excluding tert-OH is 1. The van der Waals surface area contributed by atoms with E-state index in [2.05, 4.69) is 25.5 Å². The van der Waals surface area contributed by atoms with Crippen LogP contribution < -0.4 is 0 Å². The Bertz CT molecular complexity index is 227. The maximum absolute atomic E-state index is 11.2. The smallest absolute Gasteiger partial charge is 0.431 e. The fraction of sp³-hybridized carbons (Fsp3) is 0.917. The molecule has 94 valence electrons. The van der Waals surface area contributed by atoms with Crippen LogP contribution in [0, 0.1) is 17.8 Å². The van der Waals surface area contributed by atoms with Crippen molar-refractivity contribution in [3.8, 4) is 0 Å². The van der Waals surface area contributed by atoms with Gasteiger partial charge in [-0.3, -0.25) is 0 Å². The van der Waals surface area contributed by atoms with Gasteiger partial charge in [0.25, 0.3) is 0 Å². The van der Waals surface area contributed by atoms with E-state index < -0.39 is 12.9 Å². The van der Waals surface area contributed by atoms with E-state index in [0.29, 0.717) is 17.8 Å². The molecule has 4 nitrogen and oxygen atoms in total. The lowest BCUT2D eigenvalue weighted by Crippen LogP contribution is -2.36. The monoisotopic (exact) mass is 230 g/mol. The Morgan fingerprint density at radius 2 is 2.12 bits per heavy atom. The first-order chi connectivity index (χ1) is 7.54. The molecule has 0 aromatic carbocycles. The summed E-state index contributed by atoms with van der Waals surface area (Å²) in [4.78, 5) is 11.2. The third-order valence-corrected chi connectivity index (χ3v) is 3.39. The van der Waals surface area contributed by atoms with Crippen molar-refractivity contribution in [2.75, 3.05) is 6.79 Å². The first kappa shape index (κ1) is 13.3. The van der Waals surface area contributed by atoms with Crippen LogP contribution in [0.15, 0.2) is 0 Å². The topological polar surface area (TPSA) is 55.8 Å². The molecule has 0 aromatic heterocycles. The van der Waals surface area contributed by atoms with Crippen molar-refractivity contribution in [1.29, 1.82) is 0 Å². The van der Waals surface area contributed by atoms with Gasteiger partial charge in [-0.15, -0.1) is 0 Å². The van der Waals surface area contributed by atoms with Gasteiger partial charge in [0, 0.05) is 0 Å². The Hall–Kier alpha value is -0.770. The molecule has 0 aromatic rings. The zero-order chi connectivity index (χ0) is 12.1. The molecule has 1 aliphatic carbocycles. The highest BCUT2D eigenvalue weighted by Gasteiger charge is 2.33. The van der Waals surface area contributed by atoms with Crippen molar-refractivity contribution in [3.63, 3.8) is 0 Å². The highest BCUT2D eigenvalue weighted by Crippen LogP contribution is 2.35. The third kappa shape index (κ3) is 3.67. The van der Waals surface area contributed by atoms with Gasteiger partial charge in [0.05, 0.1) is 0 Å². The minimum atomic E-state index is -0.757. The summed E-state index contributed by atoms with van der Waals surface area (Å²) >= 11 is 0. The summed E-state index contributed by atoms with van der Waals surface area (Å²) in [6.45, 7) is 5.85. The molecule has 0 radical (unpaired) electrons. The summed E-state index contributed by atoms with van der Waals surface area (Å²) in [5.74, 6) is 1.49. The van der Waals surface area contributed by atoms with Crippen molar-refractivity contribution in [3.05, 3.63) is 0 Å². The van der Waals surface area contributed by atoms with Gasteiger partial charge in [0.2, 0.25) is 0 Å². The van der Waals surface area contributed by atoms with Gasteiger partial charge < -0.3 is 14.6 Å². The lowest BCUT2D eigenvalue weighted by atomic mass is 9.75. The van der Waals surface area contributed by atoms with E-state index in [0.717, 1.165) is 12.8 Å². The van der Waals surface area contributed by atoms with Crippen LogP contribution in [0.3, 0.4) is 0 Å². The average molecular weight is 230 g/mol. The highest BCUT2D eigenvalue weighted by molar-refractivity contribution is 5.60. The number of carbonyl (C=O) groups is 1. The molecule has 0 unspecified atom stereocenters. The van der Waals surface area contributed by atoms with Crippen molar-refractivity contribution < 1.29 is 19.4 Å². The molecular weight excluding hydrogens is 208 g/mol. The standard InChI is InChI=1S/C12H22O4/c1-8(2)10-5-4-9(3)6-11(10)16-12(14)15-7-13/h8-11,13H,4-7H2,1-3H3/t9-,10+,11-/m1/s1. The van der Waals surface area contributed by atoms with Crippen LogP contribution in [0.4, 0.5) is 4.79 Å². The largest absolute Gasteiger partial charge is 0.510 e. The van der Waals surface area contributed by atoms with Crippen LogP contribution in [0.5, 0.6) is 0 Å². The molecule has 1 saturated carbocycles. The molecule has 4 heteroatoms. The van der Waals surface area contributed by atoms with E-state index in [1.807, 2.05) is 0 Å². The maximum Gasteiger partial charge on any atom is 0.510 e. The number of hydrogen-bond donors (Lipinski definition) is 1. The second kappa shape index (κ2) is 6.09. The molecule has 0 saturated heterocycles. The van der Waals surface area contributed by atoms with Gasteiger partial charge in [-0.1, -0.05) is 27.2 Å². The Labute approximate surface area is 96.9 Å². The lowest BCUT2D eigenvalue weighted by molar-refractivity contribution is -0.0562. The Morgan fingerprint density at radius 1 is 1.44 bits per heavy atom. The minimum absolute atomic E-state index is 0.0669. The van der Waals surface area contributed by atoms with E-state index >= 15 is 0 Å². The third-order valence-electron chi connectivity index (χ3n) is 3.39. The van der Waals surface area contributed by atoms with Crippen LogP contribution in [-0.4, -0.2) is 24.2 Å². The van der Waals surface area contributed by atoms with Gasteiger partial charge in [0.15, 0.2) is 6.79 Å². The Morgan fingerprint density at radius 3 is 2.69 bits per heavy atom. The normalized spacial score (nSPS) is 30.2.